The predicted octanol–water partition coefficient (Wildman–Crippen LogP) is 11.6. The molecule has 0 radical (unpaired) electrons. The fourth-order valence-electron chi connectivity index (χ4n) is 9.30. The van der Waals surface area contributed by atoms with Crippen LogP contribution in [0, 0.1) is 0 Å². The fourth-order valence-corrected chi connectivity index (χ4v) is 9.30. The van der Waals surface area contributed by atoms with Crippen molar-refractivity contribution in [2.45, 2.75) is 31.7 Å². The lowest BCUT2D eigenvalue weighted by Crippen LogP contribution is -2.39. The van der Waals surface area contributed by atoms with Crippen molar-refractivity contribution in [2.75, 3.05) is 0 Å². The number of hydrogen-bond acceptors (Lipinski definition) is 2. The summed E-state index contributed by atoms with van der Waals surface area (Å²) in [6, 6.07) is 49.0. The highest BCUT2D eigenvalue weighted by molar-refractivity contribution is 6.18. The van der Waals surface area contributed by atoms with Crippen LogP contribution < -0.4 is 5.32 Å². The van der Waals surface area contributed by atoms with Crippen molar-refractivity contribution < 1.29 is 0 Å². The van der Waals surface area contributed by atoms with E-state index in [9.17, 15) is 0 Å². The molecule has 0 saturated carbocycles. The molecule has 0 fully saturated rings. The summed E-state index contributed by atoms with van der Waals surface area (Å²) in [6.07, 6.45) is 12.0. The van der Waals surface area contributed by atoms with E-state index in [1.54, 1.807) is 0 Å². The molecule has 3 aliphatic carbocycles. The first kappa shape index (κ1) is 30.2. The number of nitrogens with zero attached hydrogens (tertiary/aromatic N) is 2. The van der Waals surface area contributed by atoms with Gasteiger partial charge in [-0.1, -0.05) is 166 Å². The van der Waals surface area contributed by atoms with E-state index in [0.717, 1.165) is 29.2 Å². The maximum Gasteiger partial charge on any atom is 0.145 e. The number of allylic oxidation sites excluding steroid dienone is 3. The number of aromatic nitrogens is 1. The second kappa shape index (κ2) is 11.3. The summed E-state index contributed by atoms with van der Waals surface area (Å²) < 4.78 is 2.51. The summed E-state index contributed by atoms with van der Waals surface area (Å²) in [5.74, 6) is 1.85. The molecule has 2 heterocycles. The molecule has 1 atom stereocenters. The Morgan fingerprint density at radius 3 is 2.25 bits per heavy atom. The molecule has 4 aliphatic rings. The summed E-state index contributed by atoms with van der Waals surface area (Å²) in [5, 5.41) is 6.28. The van der Waals surface area contributed by atoms with E-state index in [-0.39, 0.29) is 11.5 Å². The monoisotopic (exact) mass is 679 g/mol. The third-order valence-electron chi connectivity index (χ3n) is 11.9. The molecule has 1 aromatic heterocycles. The van der Waals surface area contributed by atoms with Gasteiger partial charge in [0, 0.05) is 32.9 Å². The van der Waals surface area contributed by atoms with Crippen LogP contribution in [0.2, 0.25) is 0 Å². The Morgan fingerprint density at radius 2 is 1.42 bits per heavy atom. The van der Waals surface area contributed by atoms with Crippen LogP contribution in [0.5, 0.6) is 0 Å². The molecule has 252 valence electrons. The van der Waals surface area contributed by atoms with Crippen molar-refractivity contribution in [1.29, 1.82) is 0 Å². The van der Waals surface area contributed by atoms with Crippen molar-refractivity contribution in [2.24, 2.45) is 4.99 Å². The number of nitrogens with one attached hydrogen (secondary N) is 1. The van der Waals surface area contributed by atoms with Gasteiger partial charge in [0.15, 0.2) is 0 Å². The van der Waals surface area contributed by atoms with Gasteiger partial charge in [0.1, 0.15) is 11.7 Å². The fraction of sp³-hybridized carbons (Fsp3) is 0.100. The van der Waals surface area contributed by atoms with Crippen molar-refractivity contribution in [1.82, 2.24) is 9.88 Å². The molecule has 0 saturated heterocycles. The highest BCUT2D eigenvalue weighted by Gasteiger charge is 2.38. The number of hydrogen-bond donors (Lipinski definition) is 1. The van der Waals surface area contributed by atoms with E-state index in [0.29, 0.717) is 0 Å². The molecule has 0 spiro atoms. The molecule has 1 aliphatic heterocycles. The van der Waals surface area contributed by atoms with Crippen LogP contribution in [0.1, 0.15) is 47.2 Å². The van der Waals surface area contributed by atoms with E-state index in [1.807, 2.05) is 0 Å². The first-order chi connectivity index (χ1) is 26.0. The Hall–Kier alpha value is -6.45. The number of benzene rings is 6. The Labute approximate surface area is 309 Å². The Balaban J connectivity index is 1.28. The molecule has 53 heavy (non-hydrogen) atoms. The van der Waals surface area contributed by atoms with E-state index in [2.05, 4.69) is 188 Å². The smallest absolute Gasteiger partial charge is 0.145 e. The topological polar surface area (TPSA) is 29.3 Å². The highest BCUT2D eigenvalue weighted by Crippen LogP contribution is 2.54. The summed E-state index contributed by atoms with van der Waals surface area (Å²) in [6.45, 7) is 4.74. The van der Waals surface area contributed by atoms with Gasteiger partial charge in [-0.05, 0) is 68.6 Å². The third-order valence-corrected chi connectivity index (χ3v) is 11.9. The number of aliphatic imine (C=N–C) groups is 1. The molecule has 1 unspecified atom stereocenters. The third kappa shape index (κ3) is 4.44. The molecule has 1 N–H and O–H groups in total. The second-order valence-electron chi connectivity index (χ2n) is 15.2. The maximum absolute atomic E-state index is 5.58. The normalized spacial score (nSPS) is 17.7. The SMILES string of the molecule is CC1(C)c2ccccc2-c2c1ccc1c3cc4c(cc3n(C3=C5C=CC=CC5NC(c5ccccc5)=N3)c21)-c1ccccc1C=C(c1ccccc1)C4. The van der Waals surface area contributed by atoms with E-state index < -0.39 is 0 Å². The van der Waals surface area contributed by atoms with Gasteiger partial charge in [-0.2, -0.15) is 0 Å². The first-order valence-electron chi connectivity index (χ1n) is 18.6. The van der Waals surface area contributed by atoms with Crippen LogP contribution >= 0.6 is 0 Å². The highest BCUT2D eigenvalue weighted by atomic mass is 15.2. The molecule has 0 bridgehead atoms. The molecule has 3 nitrogen and oxygen atoms in total. The zero-order chi connectivity index (χ0) is 35.3. The number of fused-ring (bicyclic) bond motifs is 11. The maximum atomic E-state index is 5.58. The van der Waals surface area contributed by atoms with Gasteiger partial charge in [-0.3, -0.25) is 4.57 Å². The minimum atomic E-state index is -0.132. The number of rotatable bonds is 3. The van der Waals surface area contributed by atoms with Crippen LogP contribution in [0.25, 0.3) is 61.5 Å². The van der Waals surface area contributed by atoms with Crippen LogP contribution in [0.15, 0.2) is 168 Å². The van der Waals surface area contributed by atoms with Gasteiger partial charge in [0.25, 0.3) is 0 Å². The minimum absolute atomic E-state index is 0.00474. The zero-order valence-electron chi connectivity index (χ0n) is 29.8. The zero-order valence-corrected chi connectivity index (χ0v) is 29.8. The summed E-state index contributed by atoms with van der Waals surface area (Å²) in [7, 11) is 0. The van der Waals surface area contributed by atoms with Gasteiger partial charge >= 0.3 is 0 Å². The average molecular weight is 680 g/mol. The first-order valence-corrected chi connectivity index (χ1v) is 18.6. The summed E-state index contributed by atoms with van der Waals surface area (Å²) >= 11 is 0. The van der Waals surface area contributed by atoms with Gasteiger partial charge < -0.3 is 5.32 Å². The second-order valence-corrected chi connectivity index (χ2v) is 15.2. The van der Waals surface area contributed by atoms with Crippen LogP contribution in [-0.2, 0) is 11.8 Å². The Morgan fingerprint density at radius 1 is 0.679 bits per heavy atom. The van der Waals surface area contributed by atoms with Crippen LogP contribution in [0.4, 0.5) is 0 Å². The summed E-state index contributed by atoms with van der Waals surface area (Å²) in [5.41, 5.74) is 17.6. The van der Waals surface area contributed by atoms with E-state index in [1.165, 1.54) is 77.5 Å². The molecule has 6 aromatic carbocycles. The Bertz CT molecular complexity index is 2840. The molecule has 11 rings (SSSR count). The van der Waals surface area contributed by atoms with Crippen LogP contribution in [0.3, 0.4) is 0 Å². The van der Waals surface area contributed by atoms with Gasteiger partial charge in [-0.15, -0.1) is 0 Å². The molecule has 0 amide bonds. The lowest BCUT2D eigenvalue weighted by Gasteiger charge is -2.29. The predicted molar refractivity (Wildman–Crippen MR) is 222 cm³/mol. The average Bonchev–Trinajstić information content (AvgIpc) is 3.57. The molecule has 3 heteroatoms. The largest absolute Gasteiger partial charge is 0.359 e. The lowest BCUT2D eigenvalue weighted by atomic mass is 9.82. The minimum Gasteiger partial charge on any atom is -0.359 e. The molecular weight excluding hydrogens is 643 g/mol. The molecule has 7 aromatic rings. The number of amidine groups is 1. The van der Waals surface area contributed by atoms with Crippen molar-refractivity contribution >= 4 is 45.1 Å². The summed E-state index contributed by atoms with van der Waals surface area (Å²) in [4.78, 5) is 5.58. The Kier molecular flexibility index (Phi) is 6.42. The van der Waals surface area contributed by atoms with Gasteiger partial charge in [-0.25, -0.2) is 4.99 Å². The quantitative estimate of drug-likeness (QED) is 0.198. The van der Waals surface area contributed by atoms with Gasteiger partial charge in [0.2, 0.25) is 0 Å². The lowest BCUT2D eigenvalue weighted by molar-refractivity contribution is 0.661. The van der Waals surface area contributed by atoms with Gasteiger partial charge in [0.05, 0.1) is 17.1 Å². The standard InChI is InChI=1S/C50H37N3/c1-50(2)42-23-13-11-21-38(42)46-43(50)26-25-37-41-29-35-28-34(31-15-5-3-6-16-31)27-33-19-9-10-20-36(33)40(35)30-45(41)53(47(37)46)49-39-22-12-14-24-44(39)51-48(52-49)32-17-7-4-8-18-32/h3-27,29-30,44H,28H2,1-2H3,(H,51,52). The van der Waals surface area contributed by atoms with E-state index in [4.69, 9.17) is 4.99 Å². The van der Waals surface area contributed by atoms with Crippen molar-refractivity contribution in [3.05, 3.63) is 197 Å². The van der Waals surface area contributed by atoms with Crippen molar-refractivity contribution in [3.63, 3.8) is 0 Å². The molecular formula is C50H37N3. The van der Waals surface area contributed by atoms with E-state index >= 15 is 0 Å². The van der Waals surface area contributed by atoms with Crippen LogP contribution in [-0.4, -0.2) is 16.4 Å². The van der Waals surface area contributed by atoms with Crippen molar-refractivity contribution in [3.8, 4) is 22.3 Å².